The first-order valence-corrected chi connectivity index (χ1v) is 5.72. The lowest BCUT2D eigenvalue weighted by Crippen LogP contribution is -1.87. The molecular weight excluding hydrogens is 124 g/mol. The van der Waals surface area contributed by atoms with E-state index in [9.17, 15) is 0 Å². The second-order valence-electron chi connectivity index (χ2n) is 1.95. The average molecular weight is 136 g/mol. The van der Waals surface area contributed by atoms with Crippen molar-refractivity contribution in [1.82, 2.24) is 0 Å². The third kappa shape index (κ3) is 1.29. The van der Waals surface area contributed by atoms with Crippen LogP contribution in [0.25, 0.3) is 0 Å². The van der Waals surface area contributed by atoms with Crippen molar-refractivity contribution < 1.29 is 0 Å². The monoisotopic (exact) mass is 136 g/mol. The van der Waals surface area contributed by atoms with Crippen LogP contribution in [0.1, 0.15) is 6.92 Å². The van der Waals surface area contributed by atoms with Crippen LogP contribution in [0.4, 0.5) is 0 Å². The molecule has 0 aliphatic carbocycles. The minimum atomic E-state index is 0.437. The van der Waals surface area contributed by atoms with Crippen molar-refractivity contribution in [3.8, 4) is 0 Å². The van der Waals surface area contributed by atoms with Crippen molar-refractivity contribution in [2.24, 2.45) is 0 Å². The zero-order valence-corrected chi connectivity index (χ0v) is 6.56. The Hall–Kier alpha value is 0.700. The van der Waals surface area contributed by atoms with Gasteiger partial charge in [-0.05, 0) is 18.9 Å². The van der Waals surface area contributed by atoms with Crippen LogP contribution in [-0.2, 0) is 0 Å². The third-order valence-corrected chi connectivity index (χ3v) is 6.35. The predicted octanol–water partition coefficient (Wildman–Crippen LogP) is 1.71. The Morgan fingerprint density at radius 1 is 1.71 bits per heavy atom. The summed E-state index contributed by atoms with van der Waals surface area (Å²) in [5, 5.41) is 0. The molecule has 0 N–H and O–H groups in total. The van der Waals surface area contributed by atoms with E-state index in [1.54, 1.807) is 0 Å². The molecule has 7 heavy (non-hydrogen) atoms. The summed E-state index contributed by atoms with van der Waals surface area (Å²) in [5.74, 6) is 2.92. The molecule has 2 heteroatoms. The SMILES string of the molecule is CC1SCC[SH]1C. The van der Waals surface area contributed by atoms with Crippen molar-refractivity contribution in [3.05, 3.63) is 0 Å². The first-order valence-electron chi connectivity index (χ1n) is 2.62. The summed E-state index contributed by atoms with van der Waals surface area (Å²) < 4.78 is 0.995. The molecule has 0 aromatic carbocycles. The first-order chi connectivity index (χ1) is 3.30. The van der Waals surface area contributed by atoms with Gasteiger partial charge in [0.25, 0.3) is 0 Å². The number of thioether (sulfide) groups is 1. The van der Waals surface area contributed by atoms with Gasteiger partial charge < -0.3 is 0 Å². The van der Waals surface area contributed by atoms with Crippen molar-refractivity contribution in [1.29, 1.82) is 0 Å². The van der Waals surface area contributed by atoms with Gasteiger partial charge in [0.15, 0.2) is 0 Å². The quantitative estimate of drug-likeness (QED) is 0.495. The Kier molecular flexibility index (Phi) is 1.93. The first kappa shape index (κ1) is 5.83. The zero-order valence-electron chi connectivity index (χ0n) is 4.85. The van der Waals surface area contributed by atoms with Gasteiger partial charge in [0, 0.05) is 10.3 Å². The van der Waals surface area contributed by atoms with Crippen molar-refractivity contribution in [3.63, 3.8) is 0 Å². The molecule has 0 radical (unpaired) electrons. The molecular formula is C5H12S2. The minimum Gasteiger partial charge on any atom is -0.244 e. The molecule has 1 aliphatic heterocycles. The fraction of sp³-hybridized carbons (Fsp3) is 1.00. The van der Waals surface area contributed by atoms with Crippen LogP contribution >= 0.6 is 22.7 Å². The fourth-order valence-electron chi connectivity index (χ4n) is 0.676. The molecule has 0 nitrogen and oxygen atoms in total. The van der Waals surface area contributed by atoms with E-state index in [0.29, 0.717) is 10.9 Å². The van der Waals surface area contributed by atoms with Crippen molar-refractivity contribution in [2.75, 3.05) is 17.8 Å². The van der Waals surface area contributed by atoms with Crippen molar-refractivity contribution in [2.45, 2.75) is 11.5 Å². The van der Waals surface area contributed by atoms with Gasteiger partial charge in [-0.1, -0.05) is 0 Å². The molecule has 0 bridgehead atoms. The summed E-state index contributed by atoms with van der Waals surface area (Å²) in [6, 6.07) is 0. The lowest BCUT2D eigenvalue weighted by molar-refractivity contribution is 1.43. The standard InChI is InChI=1S/C5H12S2/c1-5-6-3-4-7(5)2/h5,7H,3-4H2,1-2H3. The van der Waals surface area contributed by atoms with Crippen LogP contribution in [0.5, 0.6) is 0 Å². The Bertz CT molecular complexity index is 55.1. The van der Waals surface area contributed by atoms with Crippen molar-refractivity contribution >= 4 is 22.7 Å². The molecule has 2 atom stereocenters. The Morgan fingerprint density at radius 3 is 2.57 bits per heavy atom. The maximum absolute atomic E-state index is 2.40. The number of rotatable bonds is 0. The maximum Gasteiger partial charge on any atom is 0.0294 e. The van der Waals surface area contributed by atoms with Gasteiger partial charge in [0.1, 0.15) is 0 Å². The highest BCUT2D eigenvalue weighted by molar-refractivity contribution is 8.29. The summed E-state index contributed by atoms with van der Waals surface area (Å²) in [7, 11) is 0.437. The number of thiol groups is 1. The Morgan fingerprint density at radius 2 is 2.43 bits per heavy atom. The van der Waals surface area contributed by atoms with Crippen LogP contribution in [0, 0.1) is 0 Å². The molecule has 44 valence electrons. The van der Waals surface area contributed by atoms with Gasteiger partial charge in [-0.2, -0.15) is 0 Å². The topological polar surface area (TPSA) is 0 Å². The third-order valence-electron chi connectivity index (χ3n) is 1.42. The molecule has 1 heterocycles. The highest BCUT2D eigenvalue weighted by Crippen LogP contribution is 2.41. The largest absolute Gasteiger partial charge is 0.244 e. The van der Waals surface area contributed by atoms with Crippen LogP contribution in [0.3, 0.4) is 0 Å². The van der Waals surface area contributed by atoms with E-state index in [4.69, 9.17) is 0 Å². The minimum absolute atomic E-state index is 0.437. The summed E-state index contributed by atoms with van der Waals surface area (Å²) >= 11 is 2.13. The number of hydrogen-bond donors (Lipinski definition) is 1. The smallest absolute Gasteiger partial charge is 0.0294 e. The normalized spacial score (nSPS) is 47.1. The second kappa shape index (κ2) is 2.31. The predicted molar refractivity (Wildman–Crippen MR) is 41.7 cm³/mol. The molecule has 0 saturated carbocycles. The average Bonchev–Trinajstić information content (AvgIpc) is 1.91. The highest BCUT2D eigenvalue weighted by atomic mass is 32.2. The fourth-order valence-corrected chi connectivity index (χ4v) is 4.60. The lowest BCUT2D eigenvalue weighted by atomic mass is 11.0. The van der Waals surface area contributed by atoms with Crippen LogP contribution in [-0.4, -0.2) is 22.3 Å². The zero-order chi connectivity index (χ0) is 5.28. The summed E-state index contributed by atoms with van der Waals surface area (Å²) in [6.07, 6.45) is 2.40. The lowest BCUT2D eigenvalue weighted by Gasteiger charge is -2.10. The van der Waals surface area contributed by atoms with Crippen LogP contribution in [0.2, 0.25) is 0 Å². The highest BCUT2D eigenvalue weighted by Gasteiger charge is 2.14. The molecule has 1 fully saturated rings. The van der Waals surface area contributed by atoms with E-state index in [1.807, 2.05) is 0 Å². The van der Waals surface area contributed by atoms with E-state index >= 15 is 0 Å². The number of hydrogen-bond acceptors (Lipinski definition) is 1. The summed E-state index contributed by atoms with van der Waals surface area (Å²) in [6.45, 7) is 2.35. The van der Waals surface area contributed by atoms with Gasteiger partial charge in [-0.15, -0.1) is 11.8 Å². The molecule has 0 aromatic rings. The molecule has 1 rings (SSSR count). The summed E-state index contributed by atoms with van der Waals surface area (Å²) in [5.41, 5.74) is 0. The van der Waals surface area contributed by atoms with E-state index in [-0.39, 0.29) is 0 Å². The van der Waals surface area contributed by atoms with Gasteiger partial charge in [0.2, 0.25) is 0 Å². The van der Waals surface area contributed by atoms with E-state index < -0.39 is 0 Å². The molecule has 0 aromatic heterocycles. The second-order valence-corrected chi connectivity index (χ2v) is 6.48. The molecule has 2 unspecified atom stereocenters. The summed E-state index contributed by atoms with van der Waals surface area (Å²) in [4.78, 5) is 0. The van der Waals surface area contributed by atoms with Gasteiger partial charge in [-0.3, -0.25) is 0 Å². The van der Waals surface area contributed by atoms with Crippen LogP contribution < -0.4 is 0 Å². The van der Waals surface area contributed by atoms with Gasteiger partial charge >= 0.3 is 0 Å². The Labute approximate surface area is 52.4 Å². The van der Waals surface area contributed by atoms with Gasteiger partial charge in [-0.25, -0.2) is 10.9 Å². The molecule has 0 amide bonds. The Balaban J connectivity index is 2.33. The van der Waals surface area contributed by atoms with Crippen LogP contribution in [0.15, 0.2) is 0 Å². The molecule has 0 spiro atoms. The van der Waals surface area contributed by atoms with E-state index in [2.05, 4.69) is 24.9 Å². The van der Waals surface area contributed by atoms with Gasteiger partial charge in [0.05, 0.1) is 0 Å². The van der Waals surface area contributed by atoms with E-state index in [1.165, 1.54) is 11.5 Å². The maximum atomic E-state index is 2.40. The molecule has 1 saturated heterocycles. The van der Waals surface area contributed by atoms with E-state index in [0.717, 1.165) is 4.58 Å². The molecule has 1 aliphatic rings.